The van der Waals surface area contributed by atoms with Gasteiger partial charge in [-0.05, 0) is 57.9 Å². The summed E-state index contributed by atoms with van der Waals surface area (Å²) in [5, 5.41) is 0.0750. The van der Waals surface area contributed by atoms with Gasteiger partial charge < -0.3 is 13.6 Å². The highest BCUT2D eigenvalue weighted by Crippen LogP contribution is 2.52. The lowest BCUT2D eigenvalue weighted by atomic mass is 9.67. The minimum atomic E-state index is -2.20. The predicted octanol–water partition coefficient (Wildman–Crippen LogP) is 11.2. The van der Waals surface area contributed by atoms with Crippen LogP contribution in [-0.2, 0) is 19.2 Å². The fourth-order valence-corrected chi connectivity index (χ4v) is 14.8. The number of hydrogen-bond acceptors (Lipinski definition) is 3. The number of hydrogen-bond donors (Lipinski definition) is 0. The summed E-state index contributed by atoms with van der Waals surface area (Å²) in [5.74, 6) is 3.35. The molecule has 0 radical (unpaired) electrons. The molecule has 3 aromatic rings. The summed E-state index contributed by atoms with van der Waals surface area (Å²) in [7, 11) is -4.32. The Labute approximate surface area is 289 Å². The lowest BCUT2D eigenvalue weighted by molar-refractivity contribution is -0.130. The molecule has 0 heterocycles. The molecule has 0 amide bonds. The first-order chi connectivity index (χ1) is 22.1. The zero-order valence-corrected chi connectivity index (χ0v) is 32.9. The largest absolute Gasteiger partial charge is 0.411 e. The third-order valence-electron chi connectivity index (χ3n) is 11.3. The van der Waals surface area contributed by atoms with Crippen LogP contribution in [0, 0.1) is 24.2 Å². The van der Waals surface area contributed by atoms with Crippen LogP contribution < -0.4 is 0 Å². The Morgan fingerprint density at radius 1 is 0.660 bits per heavy atom. The van der Waals surface area contributed by atoms with Crippen molar-refractivity contribution in [1.29, 1.82) is 0 Å². The van der Waals surface area contributed by atoms with E-state index < -0.39 is 22.2 Å². The minimum absolute atomic E-state index is 0.0175. The van der Waals surface area contributed by atoms with Gasteiger partial charge in [-0.25, -0.2) is 0 Å². The van der Waals surface area contributed by atoms with Crippen molar-refractivity contribution in [3.63, 3.8) is 0 Å². The topological polar surface area (TPSA) is 27.7 Å². The summed E-state index contributed by atoms with van der Waals surface area (Å²) in [6.45, 7) is 26.3. The molecule has 5 heteroatoms. The zero-order valence-electron chi connectivity index (χ0n) is 30.9. The van der Waals surface area contributed by atoms with E-state index in [1.165, 1.54) is 0 Å². The standard InChI is InChI=1S/C42H60O3Si2/c1-13-37-38(40(44-46(11,12)41(8,9)10)39(37)45-47(31(2)3,32(4)5)33(6)7)29-30-43-42(34-23-17-14-18-24-34,35-25-19-15-20-26-35)36-27-21-16-22-28-36/h1,14-28,31-33,37-40H,29-30H2,2-12H3/t37-,38-,39-,40-/m1/s1. The van der Waals surface area contributed by atoms with Gasteiger partial charge in [0.1, 0.15) is 5.60 Å². The van der Waals surface area contributed by atoms with Gasteiger partial charge in [-0.15, -0.1) is 12.3 Å². The Morgan fingerprint density at radius 3 is 1.40 bits per heavy atom. The average Bonchev–Trinajstić information content (AvgIpc) is 3.03. The Morgan fingerprint density at radius 2 is 1.06 bits per heavy atom. The van der Waals surface area contributed by atoms with Gasteiger partial charge in [0.2, 0.25) is 8.32 Å². The Kier molecular flexibility index (Phi) is 11.9. The van der Waals surface area contributed by atoms with Gasteiger partial charge >= 0.3 is 0 Å². The van der Waals surface area contributed by atoms with Crippen molar-refractivity contribution in [1.82, 2.24) is 0 Å². The van der Waals surface area contributed by atoms with Crippen LogP contribution in [-0.4, -0.2) is 35.4 Å². The van der Waals surface area contributed by atoms with Gasteiger partial charge in [-0.2, -0.15) is 0 Å². The highest BCUT2D eigenvalue weighted by Gasteiger charge is 2.58. The number of ether oxygens (including phenoxy) is 1. The number of rotatable bonds is 14. The fourth-order valence-electron chi connectivity index (χ4n) is 7.89. The maximum Gasteiger partial charge on any atom is 0.200 e. The molecule has 0 unspecified atom stereocenters. The van der Waals surface area contributed by atoms with Crippen molar-refractivity contribution in [3.05, 3.63) is 108 Å². The van der Waals surface area contributed by atoms with Gasteiger partial charge in [-0.1, -0.05) is 153 Å². The van der Waals surface area contributed by atoms with E-state index in [2.05, 4.69) is 172 Å². The van der Waals surface area contributed by atoms with Gasteiger partial charge in [0, 0.05) is 12.5 Å². The minimum Gasteiger partial charge on any atom is -0.411 e. The third kappa shape index (κ3) is 7.28. The zero-order chi connectivity index (χ0) is 34.6. The molecule has 0 bridgehead atoms. The SMILES string of the molecule is C#C[C@@H]1[C@@H](CCOC(c2ccccc2)(c2ccccc2)c2ccccc2)[C@@H](O[Si](C)(C)C(C)(C)C)[C@@H]1O[Si](C(C)C)(C(C)C)C(C)C. The molecule has 1 aliphatic rings. The lowest BCUT2D eigenvalue weighted by Gasteiger charge is -2.57. The van der Waals surface area contributed by atoms with E-state index in [0.29, 0.717) is 23.2 Å². The molecular weight excluding hydrogens is 609 g/mol. The summed E-state index contributed by atoms with van der Waals surface area (Å²) >= 11 is 0. The monoisotopic (exact) mass is 668 g/mol. The first kappa shape index (κ1) is 37.4. The Hall–Kier alpha value is -2.47. The van der Waals surface area contributed by atoms with Gasteiger partial charge in [0.05, 0.1) is 18.1 Å². The van der Waals surface area contributed by atoms with E-state index in [9.17, 15) is 0 Å². The number of benzene rings is 3. The average molecular weight is 669 g/mol. The van der Waals surface area contributed by atoms with Crippen LogP contribution in [0.25, 0.3) is 0 Å². The van der Waals surface area contributed by atoms with Gasteiger partial charge in [0.15, 0.2) is 8.32 Å². The quantitative estimate of drug-likeness (QED) is 0.0972. The van der Waals surface area contributed by atoms with E-state index in [1.54, 1.807) is 0 Å². The maximum absolute atomic E-state index is 7.47. The summed E-state index contributed by atoms with van der Waals surface area (Å²) in [5.41, 5.74) is 3.98. The van der Waals surface area contributed by atoms with Crippen LogP contribution in [0.15, 0.2) is 91.0 Å². The second kappa shape index (κ2) is 15.0. The summed E-state index contributed by atoms with van der Waals surface area (Å²) in [4.78, 5) is 0. The molecule has 1 aliphatic carbocycles. The lowest BCUT2D eigenvalue weighted by Crippen LogP contribution is -2.66. The van der Waals surface area contributed by atoms with Crippen LogP contribution >= 0.6 is 0 Å². The van der Waals surface area contributed by atoms with Crippen LogP contribution in [0.5, 0.6) is 0 Å². The maximum atomic E-state index is 7.47. The summed E-state index contributed by atoms with van der Waals surface area (Å²) in [6, 6.07) is 31.8. The van der Waals surface area contributed by atoms with E-state index in [-0.39, 0.29) is 29.1 Å². The van der Waals surface area contributed by atoms with Crippen molar-refractivity contribution in [2.45, 2.75) is 121 Å². The second-order valence-corrected chi connectivity index (χ2v) is 26.2. The smallest absolute Gasteiger partial charge is 0.200 e. The van der Waals surface area contributed by atoms with Crippen molar-refractivity contribution in [3.8, 4) is 12.3 Å². The molecule has 3 aromatic carbocycles. The van der Waals surface area contributed by atoms with Crippen LogP contribution in [0.4, 0.5) is 0 Å². The molecule has 0 aliphatic heterocycles. The molecule has 4 atom stereocenters. The third-order valence-corrected chi connectivity index (χ3v) is 21.9. The van der Waals surface area contributed by atoms with E-state index in [4.69, 9.17) is 20.0 Å². The van der Waals surface area contributed by atoms with E-state index in [1.807, 2.05) is 0 Å². The molecule has 0 aromatic heterocycles. The fraction of sp³-hybridized carbons (Fsp3) is 0.524. The normalized spacial score (nSPS) is 20.8. The Bertz CT molecular complexity index is 1320. The first-order valence-electron chi connectivity index (χ1n) is 17.8. The van der Waals surface area contributed by atoms with Crippen LogP contribution in [0.2, 0.25) is 34.8 Å². The van der Waals surface area contributed by atoms with Gasteiger partial charge in [-0.3, -0.25) is 0 Å². The van der Waals surface area contributed by atoms with Crippen molar-refractivity contribution < 1.29 is 13.6 Å². The number of terminal acetylenes is 1. The molecule has 47 heavy (non-hydrogen) atoms. The summed E-state index contributed by atoms with van der Waals surface area (Å²) in [6.07, 6.45) is 7.05. The van der Waals surface area contributed by atoms with Crippen molar-refractivity contribution in [2.24, 2.45) is 11.8 Å². The van der Waals surface area contributed by atoms with E-state index >= 15 is 0 Å². The highest BCUT2D eigenvalue weighted by molar-refractivity contribution is 6.77. The van der Waals surface area contributed by atoms with Crippen LogP contribution in [0.3, 0.4) is 0 Å². The Balaban J connectivity index is 1.72. The molecule has 0 spiro atoms. The summed E-state index contributed by atoms with van der Waals surface area (Å²) < 4.78 is 22.0. The predicted molar refractivity (Wildman–Crippen MR) is 204 cm³/mol. The van der Waals surface area contributed by atoms with E-state index in [0.717, 1.165) is 23.1 Å². The molecule has 1 fully saturated rings. The molecule has 0 N–H and O–H groups in total. The molecule has 4 rings (SSSR count). The van der Waals surface area contributed by atoms with Crippen LogP contribution in [0.1, 0.15) is 85.4 Å². The molecule has 0 saturated heterocycles. The molecular formula is C42H60O3Si2. The highest BCUT2D eigenvalue weighted by atomic mass is 28.4. The first-order valence-corrected chi connectivity index (χ1v) is 22.8. The second-order valence-electron chi connectivity index (χ2n) is 16.0. The van der Waals surface area contributed by atoms with Crippen molar-refractivity contribution in [2.75, 3.05) is 6.61 Å². The van der Waals surface area contributed by atoms with Gasteiger partial charge in [0.25, 0.3) is 0 Å². The molecule has 254 valence electrons. The molecule has 1 saturated carbocycles. The molecule has 3 nitrogen and oxygen atoms in total. The van der Waals surface area contributed by atoms with Crippen molar-refractivity contribution >= 4 is 16.6 Å².